The minimum Gasteiger partial charge on any atom is -0.394 e. The molecule has 0 aliphatic carbocycles. The van der Waals surface area contributed by atoms with E-state index >= 15 is 0 Å². The molecule has 4 nitrogen and oxygen atoms in total. The molecule has 0 aliphatic rings. The first-order valence-electron chi connectivity index (χ1n) is 23.6. The van der Waals surface area contributed by atoms with Crippen molar-refractivity contribution in [1.29, 1.82) is 0 Å². The van der Waals surface area contributed by atoms with Crippen LogP contribution in [0.1, 0.15) is 200 Å². The minimum atomic E-state index is -0.838. The van der Waals surface area contributed by atoms with E-state index in [1.54, 1.807) is 6.08 Å². The van der Waals surface area contributed by atoms with Crippen LogP contribution in [0.5, 0.6) is 0 Å². The van der Waals surface area contributed by atoms with Crippen LogP contribution in [0.25, 0.3) is 0 Å². The summed E-state index contributed by atoms with van der Waals surface area (Å²) in [5.41, 5.74) is 0. The third kappa shape index (κ3) is 44.0. The van der Waals surface area contributed by atoms with Crippen molar-refractivity contribution in [2.24, 2.45) is 0 Å². The normalized spacial score (nSPS) is 14.0. The Labute approximate surface area is 353 Å². The van der Waals surface area contributed by atoms with Gasteiger partial charge in [-0.2, -0.15) is 0 Å². The van der Waals surface area contributed by atoms with E-state index in [-0.39, 0.29) is 12.5 Å². The summed E-state index contributed by atoms with van der Waals surface area (Å²) in [6, 6.07) is -0.622. The Morgan fingerprint density at radius 3 is 1.14 bits per heavy atom. The zero-order chi connectivity index (χ0) is 41.4. The molecule has 0 spiro atoms. The van der Waals surface area contributed by atoms with Crippen LogP contribution >= 0.6 is 0 Å². The summed E-state index contributed by atoms with van der Waals surface area (Å²) in [5, 5.41) is 22.5. The molecular weight excluding hydrogens is 699 g/mol. The highest BCUT2D eigenvalue weighted by atomic mass is 16.3. The summed E-state index contributed by atoms with van der Waals surface area (Å²) in [6.45, 7) is 4.04. The van der Waals surface area contributed by atoms with Crippen molar-refractivity contribution in [2.45, 2.75) is 212 Å². The first kappa shape index (κ1) is 54.0. The van der Waals surface area contributed by atoms with Crippen molar-refractivity contribution >= 4 is 5.91 Å². The number of rotatable bonds is 41. The SMILES string of the molecule is CC/C=C\C/C=C\C/C=C\C/C=C\C/C=C\C/C=C\C/C=C\C/C=C\CCCCCCCCCCCCCCCCCCC(=O)NC(CO)C(O)/C=C/CCCC. The number of aliphatic hydroxyl groups is 2. The third-order valence-electron chi connectivity index (χ3n) is 10.0. The van der Waals surface area contributed by atoms with Crippen molar-refractivity contribution in [3.05, 3.63) is 109 Å². The number of aliphatic hydroxyl groups excluding tert-OH is 2. The van der Waals surface area contributed by atoms with E-state index in [0.29, 0.717) is 6.42 Å². The van der Waals surface area contributed by atoms with E-state index in [1.165, 1.54) is 96.3 Å². The van der Waals surface area contributed by atoms with Gasteiger partial charge >= 0.3 is 0 Å². The van der Waals surface area contributed by atoms with Gasteiger partial charge < -0.3 is 15.5 Å². The molecular formula is C53H89NO3. The highest BCUT2D eigenvalue weighted by Gasteiger charge is 2.17. The van der Waals surface area contributed by atoms with Gasteiger partial charge in [0.2, 0.25) is 5.91 Å². The van der Waals surface area contributed by atoms with Gasteiger partial charge in [-0.3, -0.25) is 4.79 Å². The Balaban J connectivity index is 3.47. The summed E-state index contributed by atoms with van der Waals surface area (Å²) in [4.78, 5) is 12.2. The summed E-state index contributed by atoms with van der Waals surface area (Å²) in [7, 11) is 0. The van der Waals surface area contributed by atoms with Gasteiger partial charge in [0, 0.05) is 6.42 Å². The van der Waals surface area contributed by atoms with Crippen LogP contribution in [0.2, 0.25) is 0 Å². The first-order chi connectivity index (χ1) is 28.2. The van der Waals surface area contributed by atoms with E-state index < -0.39 is 12.1 Å². The largest absolute Gasteiger partial charge is 0.394 e. The number of hydrogen-bond acceptors (Lipinski definition) is 3. The standard InChI is InChI=1S/C53H89NO3/c1-3-5-7-9-10-11-12-13-14-15-16-17-18-19-20-21-22-23-24-25-26-27-28-29-30-31-32-33-34-35-36-37-38-39-40-41-42-43-44-45-47-49-53(57)54-51(50-55)52(56)48-46-8-6-4-2/h5,7,10-11,13-14,16-17,19-20,22-23,25-26,28-29,46,48,51-52,55-56H,3-4,6,8-9,12,15,18,21,24,27,30-45,47,49-50H2,1-2H3,(H,54,57)/b7-5-,11-10-,14-13-,17-16-,20-19-,23-22-,26-25-,29-28-,48-46+. The third-order valence-corrected chi connectivity index (χ3v) is 10.0. The Morgan fingerprint density at radius 2 is 0.772 bits per heavy atom. The number of carbonyl (C=O) groups excluding carboxylic acids is 1. The number of unbranched alkanes of at least 4 members (excludes halogenated alkanes) is 18. The van der Waals surface area contributed by atoms with Gasteiger partial charge in [-0.1, -0.05) is 226 Å². The number of nitrogens with one attached hydrogen (secondary N) is 1. The second kappa shape index (κ2) is 47.4. The molecule has 0 heterocycles. The predicted octanol–water partition coefficient (Wildman–Crippen LogP) is 15.2. The molecule has 0 rings (SSSR count). The van der Waals surface area contributed by atoms with Crippen LogP contribution in [-0.2, 0) is 4.79 Å². The lowest BCUT2D eigenvalue weighted by atomic mass is 10.0. The average molecular weight is 788 g/mol. The highest BCUT2D eigenvalue weighted by molar-refractivity contribution is 5.76. The molecule has 0 saturated heterocycles. The maximum Gasteiger partial charge on any atom is 0.220 e. The molecule has 57 heavy (non-hydrogen) atoms. The monoisotopic (exact) mass is 788 g/mol. The Morgan fingerprint density at radius 1 is 0.439 bits per heavy atom. The average Bonchev–Trinajstić information content (AvgIpc) is 3.22. The van der Waals surface area contributed by atoms with Crippen LogP contribution in [0.4, 0.5) is 0 Å². The molecule has 2 atom stereocenters. The summed E-state index contributed by atoms with van der Waals surface area (Å²) in [6.07, 6.45) is 72.7. The molecule has 3 N–H and O–H groups in total. The zero-order valence-corrected chi connectivity index (χ0v) is 37.1. The van der Waals surface area contributed by atoms with Crippen LogP contribution in [0, 0.1) is 0 Å². The van der Waals surface area contributed by atoms with E-state index in [1.807, 2.05) is 6.08 Å². The Kier molecular flexibility index (Phi) is 45.0. The summed E-state index contributed by atoms with van der Waals surface area (Å²) in [5.74, 6) is -0.0775. The van der Waals surface area contributed by atoms with Gasteiger partial charge in [-0.25, -0.2) is 0 Å². The number of allylic oxidation sites excluding steroid dienone is 17. The van der Waals surface area contributed by atoms with Gasteiger partial charge in [0.25, 0.3) is 0 Å². The second-order valence-electron chi connectivity index (χ2n) is 15.4. The lowest BCUT2D eigenvalue weighted by Crippen LogP contribution is -2.45. The van der Waals surface area contributed by atoms with E-state index in [4.69, 9.17) is 0 Å². The van der Waals surface area contributed by atoms with Crippen LogP contribution < -0.4 is 5.32 Å². The first-order valence-corrected chi connectivity index (χ1v) is 23.6. The fourth-order valence-electron chi connectivity index (χ4n) is 6.41. The fourth-order valence-corrected chi connectivity index (χ4v) is 6.41. The van der Waals surface area contributed by atoms with Gasteiger partial charge in [0.05, 0.1) is 18.8 Å². The maximum absolute atomic E-state index is 12.2. The zero-order valence-electron chi connectivity index (χ0n) is 37.1. The summed E-state index contributed by atoms with van der Waals surface area (Å²) < 4.78 is 0. The van der Waals surface area contributed by atoms with E-state index in [2.05, 4.69) is 116 Å². The maximum atomic E-state index is 12.2. The lowest BCUT2D eigenvalue weighted by molar-refractivity contribution is -0.123. The van der Waals surface area contributed by atoms with Crippen molar-refractivity contribution in [3.8, 4) is 0 Å². The Hall–Kier alpha value is -2.95. The van der Waals surface area contributed by atoms with Crippen molar-refractivity contribution < 1.29 is 15.0 Å². The van der Waals surface area contributed by atoms with Crippen LogP contribution in [-0.4, -0.2) is 34.9 Å². The van der Waals surface area contributed by atoms with Crippen molar-refractivity contribution in [2.75, 3.05) is 6.61 Å². The van der Waals surface area contributed by atoms with Crippen LogP contribution in [0.3, 0.4) is 0 Å². The molecule has 4 heteroatoms. The Bertz CT molecular complexity index is 1120. The number of amides is 1. The van der Waals surface area contributed by atoms with E-state index in [0.717, 1.165) is 83.5 Å². The molecule has 0 aromatic carbocycles. The van der Waals surface area contributed by atoms with Gasteiger partial charge in [-0.15, -0.1) is 0 Å². The second-order valence-corrected chi connectivity index (χ2v) is 15.4. The van der Waals surface area contributed by atoms with Gasteiger partial charge in [0.15, 0.2) is 0 Å². The molecule has 0 aromatic rings. The number of carbonyl (C=O) groups is 1. The molecule has 0 bridgehead atoms. The molecule has 0 aliphatic heterocycles. The molecule has 324 valence electrons. The topological polar surface area (TPSA) is 69.6 Å². The van der Waals surface area contributed by atoms with E-state index in [9.17, 15) is 15.0 Å². The fraction of sp³-hybridized carbons (Fsp3) is 0.642. The van der Waals surface area contributed by atoms with Crippen LogP contribution in [0.15, 0.2) is 109 Å². The quantitative estimate of drug-likeness (QED) is 0.0427. The smallest absolute Gasteiger partial charge is 0.220 e. The molecule has 0 saturated carbocycles. The molecule has 0 aromatic heterocycles. The summed E-state index contributed by atoms with van der Waals surface area (Å²) >= 11 is 0. The molecule has 0 radical (unpaired) electrons. The lowest BCUT2D eigenvalue weighted by Gasteiger charge is -2.19. The molecule has 1 amide bonds. The van der Waals surface area contributed by atoms with Gasteiger partial charge in [-0.05, 0) is 77.0 Å². The minimum absolute atomic E-state index is 0.0775. The number of hydrogen-bond donors (Lipinski definition) is 3. The van der Waals surface area contributed by atoms with Gasteiger partial charge in [0.1, 0.15) is 0 Å². The molecule has 0 fully saturated rings. The van der Waals surface area contributed by atoms with Crippen molar-refractivity contribution in [1.82, 2.24) is 5.32 Å². The van der Waals surface area contributed by atoms with Crippen molar-refractivity contribution in [3.63, 3.8) is 0 Å². The predicted molar refractivity (Wildman–Crippen MR) is 253 cm³/mol. The highest BCUT2D eigenvalue weighted by Crippen LogP contribution is 2.15. The molecule has 2 unspecified atom stereocenters.